The molecule has 5 rings (SSSR count). The van der Waals surface area contributed by atoms with Crippen molar-refractivity contribution in [3.63, 3.8) is 0 Å². The number of rotatable bonds is 10. The number of hydrogen-bond donors (Lipinski definition) is 2. The molecular formula is C32H44N8O3. The summed E-state index contributed by atoms with van der Waals surface area (Å²) in [6.07, 6.45) is 9.47. The Morgan fingerprint density at radius 2 is 1.95 bits per heavy atom. The van der Waals surface area contributed by atoms with Gasteiger partial charge >= 0.3 is 6.09 Å². The van der Waals surface area contributed by atoms with Gasteiger partial charge in [-0.2, -0.15) is 10.4 Å². The van der Waals surface area contributed by atoms with E-state index in [1.807, 2.05) is 45.2 Å². The molecule has 2 saturated heterocycles. The lowest BCUT2D eigenvalue weighted by molar-refractivity contribution is 0.0977. The molecule has 0 bridgehead atoms. The molecule has 0 aromatic carbocycles. The van der Waals surface area contributed by atoms with Crippen LogP contribution in [-0.4, -0.2) is 89.7 Å². The second-order valence-corrected chi connectivity index (χ2v) is 12.0. The fourth-order valence-corrected chi connectivity index (χ4v) is 6.17. The molecule has 2 fully saturated rings. The Morgan fingerprint density at radius 1 is 1.19 bits per heavy atom. The van der Waals surface area contributed by atoms with E-state index in [-0.39, 0.29) is 17.7 Å². The van der Waals surface area contributed by atoms with E-state index in [1.165, 1.54) is 0 Å². The van der Waals surface area contributed by atoms with E-state index in [1.54, 1.807) is 16.9 Å². The Bertz CT molecular complexity index is 1410. The van der Waals surface area contributed by atoms with Gasteiger partial charge in [0.2, 0.25) is 0 Å². The van der Waals surface area contributed by atoms with Gasteiger partial charge < -0.3 is 29.9 Å². The largest absolute Gasteiger partial charge is 0.492 e. The molecule has 11 nitrogen and oxygen atoms in total. The van der Waals surface area contributed by atoms with Crippen molar-refractivity contribution in [1.82, 2.24) is 30.1 Å². The first-order valence-electron chi connectivity index (χ1n) is 15.5. The third kappa shape index (κ3) is 7.37. The number of ether oxygens (including phenoxy) is 2. The Kier molecular flexibility index (Phi) is 9.68. The molecule has 3 aromatic heterocycles. The van der Waals surface area contributed by atoms with Crippen LogP contribution in [0.2, 0.25) is 0 Å². The van der Waals surface area contributed by atoms with E-state index in [4.69, 9.17) is 14.5 Å². The lowest BCUT2D eigenvalue weighted by atomic mass is 9.84. The molecule has 2 aliphatic heterocycles. The highest BCUT2D eigenvalue weighted by atomic mass is 16.6. The van der Waals surface area contributed by atoms with Crippen LogP contribution in [0.3, 0.4) is 0 Å². The number of hydrogen-bond acceptors (Lipinski definition) is 9. The molecule has 0 atom stereocenters. The highest BCUT2D eigenvalue weighted by Gasteiger charge is 2.37. The average Bonchev–Trinajstić information content (AvgIpc) is 3.41. The maximum absolute atomic E-state index is 12.7. The molecular weight excluding hydrogens is 544 g/mol. The molecule has 5 heterocycles. The summed E-state index contributed by atoms with van der Waals surface area (Å²) in [7, 11) is 2.18. The predicted molar refractivity (Wildman–Crippen MR) is 166 cm³/mol. The van der Waals surface area contributed by atoms with Gasteiger partial charge in [0.05, 0.1) is 36.2 Å². The fraction of sp³-hybridized carbons (Fsp3) is 0.562. The molecule has 230 valence electrons. The van der Waals surface area contributed by atoms with E-state index >= 15 is 0 Å². The van der Waals surface area contributed by atoms with Crippen molar-refractivity contribution in [3.05, 3.63) is 42.4 Å². The number of piperidine rings is 2. The van der Waals surface area contributed by atoms with Crippen molar-refractivity contribution in [2.24, 2.45) is 0 Å². The summed E-state index contributed by atoms with van der Waals surface area (Å²) >= 11 is 0. The Labute approximate surface area is 254 Å². The monoisotopic (exact) mass is 588 g/mol. The second kappa shape index (κ2) is 13.6. The van der Waals surface area contributed by atoms with Gasteiger partial charge in [-0.1, -0.05) is 0 Å². The number of pyridine rings is 2. The van der Waals surface area contributed by atoms with Crippen LogP contribution in [0.15, 0.2) is 36.8 Å². The summed E-state index contributed by atoms with van der Waals surface area (Å²) in [5.41, 5.74) is 2.64. The van der Waals surface area contributed by atoms with E-state index in [0.29, 0.717) is 24.0 Å². The minimum atomic E-state index is -0.345. The first-order valence-corrected chi connectivity index (χ1v) is 15.5. The highest BCUT2D eigenvalue weighted by molar-refractivity contribution is 5.85. The maximum Gasteiger partial charge on any atom is 0.407 e. The molecule has 1 amide bonds. The van der Waals surface area contributed by atoms with Crippen LogP contribution in [0.4, 0.5) is 10.6 Å². The van der Waals surface area contributed by atoms with Gasteiger partial charge in [0.25, 0.3) is 0 Å². The normalized spacial score (nSPS) is 17.6. The first-order chi connectivity index (χ1) is 20.8. The number of likely N-dealkylation sites (tertiary alicyclic amines) is 1. The van der Waals surface area contributed by atoms with E-state index in [2.05, 4.69) is 38.6 Å². The Morgan fingerprint density at radius 3 is 2.60 bits per heavy atom. The number of alkyl carbamates (subject to hydrolysis) is 1. The SMILES string of the molecule is CCOc1cc(-c2ccc(N3CCC(CCNC4CCN(C)CC4)(NC(=O)OC(C)C)CC3)nc2)c2c(C#N)cnn2c1. The maximum atomic E-state index is 12.7. The zero-order chi connectivity index (χ0) is 30.4. The minimum Gasteiger partial charge on any atom is -0.492 e. The van der Waals surface area contributed by atoms with Gasteiger partial charge in [-0.05, 0) is 97.8 Å². The third-order valence-electron chi connectivity index (χ3n) is 8.59. The standard InChI is InChI=1S/C32H44N8O3/c1-5-42-27-18-28(30-25(19-33)21-36-40(30)22-27)24-6-7-29(35-20-24)39-16-11-32(12-17-39,37-31(41)43-23(2)3)10-13-34-26-8-14-38(4)15-9-26/h6-7,18,20-23,26,34H,5,8-17H2,1-4H3,(H,37,41). The number of nitriles is 1. The zero-order valence-electron chi connectivity index (χ0n) is 25.8. The zero-order valence-corrected chi connectivity index (χ0v) is 25.8. The van der Waals surface area contributed by atoms with E-state index in [0.717, 1.165) is 87.3 Å². The molecule has 0 unspecified atom stereocenters. The van der Waals surface area contributed by atoms with Gasteiger partial charge in [0.15, 0.2) is 0 Å². The van der Waals surface area contributed by atoms with Crippen LogP contribution in [0.5, 0.6) is 5.75 Å². The van der Waals surface area contributed by atoms with Crippen molar-refractivity contribution in [2.45, 2.75) is 70.6 Å². The first kappa shape index (κ1) is 30.6. The molecule has 0 radical (unpaired) electrons. The summed E-state index contributed by atoms with van der Waals surface area (Å²) < 4.78 is 12.9. The lowest BCUT2D eigenvalue weighted by Gasteiger charge is -2.43. The molecule has 0 saturated carbocycles. The molecule has 0 spiro atoms. The number of carbonyl (C=O) groups is 1. The van der Waals surface area contributed by atoms with Gasteiger partial charge in [-0.3, -0.25) is 0 Å². The third-order valence-corrected chi connectivity index (χ3v) is 8.59. The lowest BCUT2D eigenvalue weighted by Crippen LogP contribution is -2.57. The van der Waals surface area contributed by atoms with Crippen LogP contribution in [0, 0.1) is 11.3 Å². The molecule has 2 N–H and O–H groups in total. The summed E-state index contributed by atoms with van der Waals surface area (Å²) in [5, 5.41) is 21.0. The summed E-state index contributed by atoms with van der Waals surface area (Å²) in [5.74, 6) is 1.57. The molecule has 0 aliphatic carbocycles. The van der Waals surface area contributed by atoms with Gasteiger partial charge in [0.1, 0.15) is 17.6 Å². The second-order valence-electron chi connectivity index (χ2n) is 12.0. The summed E-state index contributed by atoms with van der Waals surface area (Å²) in [6.45, 7) is 10.9. The number of fused-ring (bicyclic) bond motifs is 1. The van der Waals surface area contributed by atoms with Crippen LogP contribution >= 0.6 is 0 Å². The minimum absolute atomic E-state index is 0.167. The highest BCUT2D eigenvalue weighted by Crippen LogP contribution is 2.33. The van der Waals surface area contributed by atoms with Crippen LogP contribution in [0.25, 0.3) is 16.6 Å². The number of amides is 1. The quantitative estimate of drug-likeness (QED) is 0.359. The fourth-order valence-electron chi connectivity index (χ4n) is 6.17. The number of nitrogens with one attached hydrogen (secondary N) is 2. The summed E-state index contributed by atoms with van der Waals surface area (Å²) in [6, 6.07) is 8.77. The molecule has 11 heteroatoms. The van der Waals surface area contributed by atoms with Gasteiger partial charge in [0, 0.05) is 42.0 Å². The molecule has 2 aliphatic rings. The van der Waals surface area contributed by atoms with E-state index in [9.17, 15) is 10.1 Å². The number of carbonyl (C=O) groups excluding carboxylic acids is 1. The van der Waals surface area contributed by atoms with Gasteiger partial charge in [-0.25, -0.2) is 14.3 Å². The van der Waals surface area contributed by atoms with Crippen molar-refractivity contribution >= 4 is 17.4 Å². The Balaban J connectivity index is 1.28. The van der Waals surface area contributed by atoms with Crippen molar-refractivity contribution in [2.75, 3.05) is 51.3 Å². The van der Waals surface area contributed by atoms with Crippen LogP contribution < -0.4 is 20.3 Å². The predicted octanol–water partition coefficient (Wildman–Crippen LogP) is 4.21. The number of nitrogens with zero attached hydrogens (tertiary/aromatic N) is 6. The van der Waals surface area contributed by atoms with E-state index < -0.39 is 0 Å². The van der Waals surface area contributed by atoms with Crippen LogP contribution in [0.1, 0.15) is 58.4 Å². The Hall–Kier alpha value is -3.88. The van der Waals surface area contributed by atoms with Crippen molar-refractivity contribution < 1.29 is 14.3 Å². The van der Waals surface area contributed by atoms with Crippen LogP contribution in [-0.2, 0) is 4.74 Å². The average molecular weight is 589 g/mol. The number of anilines is 1. The van der Waals surface area contributed by atoms with Crippen molar-refractivity contribution in [3.8, 4) is 22.9 Å². The number of aromatic nitrogens is 3. The topological polar surface area (TPSA) is 120 Å². The smallest absolute Gasteiger partial charge is 0.407 e. The van der Waals surface area contributed by atoms with Crippen molar-refractivity contribution in [1.29, 1.82) is 5.26 Å². The summed E-state index contributed by atoms with van der Waals surface area (Å²) in [4.78, 5) is 22.2. The molecule has 3 aromatic rings. The molecule has 43 heavy (non-hydrogen) atoms. The van der Waals surface area contributed by atoms with Gasteiger partial charge in [-0.15, -0.1) is 0 Å².